The molecule has 2 saturated carbocycles. The Morgan fingerprint density at radius 1 is 1.14 bits per heavy atom. The lowest BCUT2D eigenvalue weighted by molar-refractivity contribution is -0.190. The summed E-state index contributed by atoms with van der Waals surface area (Å²) in [6.07, 6.45) is 8.55. The molecule has 4 rings (SSSR count). The Kier molecular flexibility index (Phi) is 4.53. The molecule has 0 unspecified atom stereocenters. The van der Waals surface area contributed by atoms with Crippen LogP contribution in [0.3, 0.4) is 0 Å². The van der Waals surface area contributed by atoms with Gasteiger partial charge < -0.3 is 4.74 Å². The molecule has 29 heavy (non-hydrogen) atoms. The van der Waals surface area contributed by atoms with Crippen molar-refractivity contribution in [3.05, 3.63) is 23.3 Å². The highest BCUT2D eigenvalue weighted by molar-refractivity contribution is 5.92. The molecule has 0 bridgehead atoms. The fraction of sp³-hybridized carbons (Fsp3) is 0.720. The van der Waals surface area contributed by atoms with Crippen molar-refractivity contribution in [1.82, 2.24) is 0 Å². The molecule has 0 aromatic rings. The Balaban J connectivity index is 1.83. The lowest BCUT2D eigenvalue weighted by Gasteiger charge is -2.58. The molecule has 4 nitrogen and oxygen atoms in total. The van der Waals surface area contributed by atoms with E-state index in [2.05, 4.69) is 33.8 Å². The lowest BCUT2D eigenvalue weighted by atomic mass is 9.47. The quantitative estimate of drug-likeness (QED) is 0.626. The minimum atomic E-state index is -1.03. The van der Waals surface area contributed by atoms with Crippen LogP contribution in [0.4, 0.5) is 0 Å². The summed E-state index contributed by atoms with van der Waals surface area (Å²) in [7, 11) is 0. The maximum atomic E-state index is 13.0. The number of fused-ring (bicyclic) bond motifs is 5. The Bertz CT molecular complexity index is 851. The third kappa shape index (κ3) is 2.53. The fourth-order valence-corrected chi connectivity index (χ4v) is 8.01. The van der Waals surface area contributed by atoms with Gasteiger partial charge in [-0.3, -0.25) is 14.4 Å². The number of carbonyl (C=O) groups is 3. The molecule has 0 heterocycles. The molecule has 0 N–H and O–H groups in total. The van der Waals surface area contributed by atoms with E-state index in [1.54, 1.807) is 6.92 Å². The molecule has 0 aromatic carbocycles. The standard InChI is InChI=1S/C25H34O4/c1-14-11-19-20(23(5)9-7-18(28)13-21(14)23)8-10-24(6)22(19)12-15(2)25(24,16(3)26)29-17(4)27/h11,13,15,19-20,22H,7-10,12H2,1-6H3/t15-,19+,20-,22-,23-,24-,25-/m1/s1. The summed E-state index contributed by atoms with van der Waals surface area (Å²) in [5.74, 6) is 0.975. The molecule has 2 fully saturated rings. The van der Waals surface area contributed by atoms with E-state index in [0.717, 1.165) is 25.7 Å². The van der Waals surface area contributed by atoms with Crippen LogP contribution in [-0.2, 0) is 19.1 Å². The van der Waals surface area contributed by atoms with Crippen molar-refractivity contribution in [1.29, 1.82) is 0 Å². The average molecular weight is 399 g/mol. The van der Waals surface area contributed by atoms with E-state index in [4.69, 9.17) is 4.74 Å². The number of carbonyl (C=O) groups excluding carboxylic acids is 3. The Morgan fingerprint density at radius 2 is 1.83 bits per heavy atom. The number of esters is 1. The summed E-state index contributed by atoms with van der Waals surface area (Å²) in [6, 6.07) is 0. The van der Waals surface area contributed by atoms with Crippen molar-refractivity contribution < 1.29 is 19.1 Å². The van der Waals surface area contributed by atoms with Gasteiger partial charge in [0, 0.05) is 24.7 Å². The maximum Gasteiger partial charge on any atom is 0.303 e. The van der Waals surface area contributed by atoms with Crippen LogP contribution in [0.5, 0.6) is 0 Å². The van der Waals surface area contributed by atoms with Crippen molar-refractivity contribution in [3.63, 3.8) is 0 Å². The molecule has 0 saturated heterocycles. The second-order valence-corrected chi connectivity index (χ2v) is 10.6. The molecular formula is C25H34O4. The van der Waals surface area contributed by atoms with Gasteiger partial charge in [-0.1, -0.05) is 32.4 Å². The molecule has 0 aromatic heterocycles. The fourth-order valence-electron chi connectivity index (χ4n) is 8.01. The maximum absolute atomic E-state index is 13.0. The van der Waals surface area contributed by atoms with Crippen LogP contribution in [0, 0.1) is 34.5 Å². The van der Waals surface area contributed by atoms with Gasteiger partial charge in [-0.25, -0.2) is 0 Å². The van der Waals surface area contributed by atoms with Gasteiger partial charge in [0.2, 0.25) is 0 Å². The van der Waals surface area contributed by atoms with Gasteiger partial charge in [-0.2, -0.15) is 0 Å². The van der Waals surface area contributed by atoms with Gasteiger partial charge in [0.25, 0.3) is 0 Å². The van der Waals surface area contributed by atoms with E-state index in [9.17, 15) is 14.4 Å². The molecular weight excluding hydrogens is 364 g/mol. The van der Waals surface area contributed by atoms with Gasteiger partial charge in [-0.15, -0.1) is 0 Å². The van der Waals surface area contributed by atoms with E-state index in [1.807, 2.05) is 6.08 Å². The highest BCUT2D eigenvalue weighted by atomic mass is 16.6. The topological polar surface area (TPSA) is 60.4 Å². The molecule has 0 amide bonds. The summed E-state index contributed by atoms with van der Waals surface area (Å²) >= 11 is 0. The Hall–Kier alpha value is -1.71. The number of rotatable bonds is 2. The first-order valence-electron chi connectivity index (χ1n) is 11.1. The van der Waals surface area contributed by atoms with Crippen LogP contribution < -0.4 is 0 Å². The molecule has 0 radical (unpaired) electrons. The van der Waals surface area contributed by atoms with E-state index < -0.39 is 5.60 Å². The van der Waals surface area contributed by atoms with E-state index in [0.29, 0.717) is 24.2 Å². The van der Waals surface area contributed by atoms with Gasteiger partial charge in [0.15, 0.2) is 17.2 Å². The number of ketones is 2. The highest BCUT2D eigenvalue weighted by Gasteiger charge is 2.70. The molecule has 7 atom stereocenters. The predicted molar refractivity (Wildman–Crippen MR) is 111 cm³/mol. The summed E-state index contributed by atoms with van der Waals surface area (Å²) in [5.41, 5.74) is 1.07. The van der Waals surface area contributed by atoms with Crippen LogP contribution in [0.25, 0.3) is 0 Å². The first-order valence-corrected chi connectivity index (χ1v) is 11.1. The van der Waals surface area contributed by atoms with Gasteiger partial charge in [0.05, 0.1) is 0 Å². The first-order chi connectivity index (χ1) is 13.5. The van der Waals surface area contributed by atoms with Gasteiger partial charge >= 0.3 is 5.97 Å². The second kappa shape index (κ2) is 6.39. The first kappa shape index (κ1) is 20.6. The molecule has 4 heteroatoms. The van der Waals surface area contributed by atoms with Crippen LogP contribution in [0.1, 0.15) is 73.6 Å². The monoisotopic (exact) mass is 398 g/mol. The third-order valence-corrected chi connectivity index (χ3v) is 9.20. The molecule has 4 aliphatic rings. The summed E-state index contributed by atoms with van der Waals surface area (Å²) in [5, 5.41) is 0. The SMILES string of the molecule is CC(=O)O[C@@]1(C(C)=O)[C@H](C)C[C@@H]2[C@H]3C=C(C)C4=CC(=O)CC[C@]4(C)[C@@H]3CC[C@]21C. The van der Waals surface area contributed by atoms with Crippen molar-refractivity contribution >= 4 is 17.5 Å². The smallest absolute Gasteiger partial charge is 0.303 e. The minimum Gasteiger partial charge on any atom is -0.450 e. The van der Waals surface area contributed by atoms with E-state index >= 15 is 0 Å². The number of hydrogen-bond acceptors (Lipinski definition) is 4. The summed E-state index contributed by atoms with van der Waals surface area (Å²) < 4.78 is 5.93. The summed E-state index contributed by atoms with van der Waals surface area (Å²) in [4.78, 5) is 37.2. The van der Waals surface area contributed by atoms with E-state index in [1.165, 1.54) is 18.1 Å². The second-order valence-electron chi connectivity index (χ2n) is 10.6. The zero-order valence-corrected chi connectivity index (χ0v) is 18.6. The van der Waals surface area contributed by atoms with Gasteiger partial charge in [-0.05, 0) is 74.3 Å². The number of Topliss-reactive ketones (excluding diaryl/α,β-unsaturated/α-hetero) is 1. The number of allylic oxidation sites excluding steroid dienone is 4. The van der Waals surface area contributed by atoms with Crippen LogP contribution >= 0.6 is 0 Å². The molecule has 0 aliphatic heterocycles. The normalized spacial score (nSPS) is 46.1. The molecule has 0 spiro atoms. The van der Waals surface area contributed by atoms with Gasteiger partial charge in [0.1, 0.15) is 0 Å². The van der Waals surface area contributed by atoms with E-state index in [-0.39, 0.29) is 34.3 Å². The average Bonchev–Trinajstić information content (AvgIpc) is 2.85. The van der Waals surface area contributed by atoms with Crippen molar-refractivity contribution in [3.8, 4) is 0 Å². The molecule has 158 valence electrons. The van der Waals surface area contributed by atoms with Crippen LogP contribution in [0.15, 0.2) is 23.3 Å². The zero-order valence-electron chi connectivity index (χ0n) is 18.6. The minimum absolute atomic E-state index is 0.00374. The third-order valence-electron chi connectivity index (χ3n) is 9.20. The zero-order chi connectivity index (χ0) is 21.4. The number of hydrogen-bond donors (Lipinski definition) is 0. The van der Waals surface area contributed by atoms with Crippen LogP contribution in [0.2, 0.25) is 0 Å². The van der Waals surface area contributed by atoms with Crippen molar-refractivity contribution in [2.45, 2.75) is 79.2 Å². The Morgan fingerprint density at radius 3 is 2.45 bits per heavy atom. The summed E-state index contributed by atoms with van der Waals surface area (Å²) in [6.45, 7) is 11.7. The highest BCUT2D eigenvalue weighted by Crippen LogP contribution is 2.69. The van der Waals surface area contributed by atoms with Crippen molar-refractivity contribution in [2.24, 2.45) is 34.5 Å². The Labute approximate surface area is 174 Å². The molecule has 4 aliphatic carbocycles. The lowest BCUT2D eigenvalue weighted by Crippen LogP contribution is -2.59. The van der Waals surface area contributed by atoms with Crippen molar-refractivity contribution in [2.75, 3.05) is 0 Å². The number of ether oxygens (including phenoxy) is 1. The predicted octanol–water partition coefficient (Wildman–Crippen LogP) is 4.82. The largest absolute Gasteiger partial charge is 0.450 e. The van der Waals surface area contributed by atoms with Crippen LogP contribution in [-0.4, -0.2) is 23.1 Å².